The van der Waals surface area contributed by atoms with E-state index in [1.807, 2.05) is 50.3 Å². The van der Waals surface area contributed by atoms with Gasteiger partial charge in [0, 0.05) is 23.1 Å². The Morgan fingerprint density at radius 3 is 2.74 bits per heavy atom. The van der Waals surface area contributed by atoms with Crippen molar-refractivity contribution in [1.82, 2.24) is 4.57 Å². The molecule has 0 saturated carbocycles. The minimum absolute atomic E-state index is 0.279. The third-order valence-corrected chi connectivity index (χ3v) is 4.52. The molecule has 0 atom stereocenters. The summed E-state index contributed by atoms with van der Waals surface area (Å²) in [6.07, 6.45) is 1.84. The monoisotopic (exact) mass is 327 g/mol. The molecule has 1 aromatic heterocycles. The maximum atomic E-state index is 11.8. The molecule has 1 aliphatic heterocycles. The number of rotatable bonds is 3. The van der Waals surface area contributed by atoms with Gasteiger partial charge < -0.3 is 15.0 Å². The van der Waals surface area contributed by atoms with Crippen LogP contribution in [0.15, 0.2) is 40.2 Å². The van der Waals surface area contributed by atoms with Crippen molar-refractivity contribution < 1.29 is 9.53 Å². The molecule has 2 heterocycles. The summed E-state index contributed by atoms with van der Waals surface area (Å²) >= 11 is 1.20. The van der Waals surface area contributed by atoms with Crippen molar-refractivity contribution in [3.63, 3.8) is 0 Å². The number of benzene rings is 1. The topological polar surface area (TPSA) is 69.6 Å². The second kappa shape index (κ2) is 5.96. The van der Waals surface area contributed by atoms with E-state index in [-0.39, 0.29) is 5.91 Å². The third-order valence-electron chi connectivity index (χ3n) is 3.71. The fourth-order valence-corrected chi connectivity index (χ4v) is 3.32. The Hall–Kier alpha value is -2.47. The van der Waals surface area contributed by atoms with Gasteiger partial charge in [0.2, 0.25) is 0 Å². The van der Waals surface area contributed by atoms with Crippen LogP contribution in [0.5, 0.6) is 5.75 Å². The van der Waals surface area contributed by atoms with Gasteiger partial charge in [-0.2, -0.15) is 4.99 Å². The lowest BCUT2D eigenvalue weighted by Crippen LogP contribution is -2.01. The molecule has 118 valence electrons. The Balaban J connectivity index is 2.03. The van der Waals surface area contributed by atoms with Crippen LogP contribution in [0.1, 0.15) is 17.0 Å². The lowest BCUT2D eigenvalue weighted by Gasteiger charge is -2.11. The first-order valence-corrected chi connectivity index (χ1v) is 7.92. The van der Waals surface area contributed by atoms with Crippen LogP contribution >= 0.6 is 11.8 Å². The molecular weight excluding hydrogens is 310 g/mol. The molecule has 0 bridgehead atoms. The van der Waals surface area contributed by atoms with Crippen LogP contribution in [0.4, 0.5) is 0 Å². The zero-order valence-electron chi connectivity index (χ0n) is 13.2. The number of hydrogen-bond donors (Lipinski definition) is 1. The summed E-state index contributed by atoms with van der Waals surface area (Å²) in [5, 5.41) is 0.294. The van der Waals surface area contributed by atoms with Crippen molar-refractivity contribution in [3.8, 4) is 11.4 Å². The van der Waals surface area contributed by atoms with Crippen LogP contribution in [-0.4, -0.2) is 22.8 Å². The molecule has 0 radical (unpaired) electrons. The number of thioether (sulfide) groups is 1. The quantitative estimate of drug-likeness (QED) is 0.880. The van der Waals surface area contributed by atoms with E-state index in [1.165, 1.54) is 11.8 Å². The summed E-state index contributed by atoms with van der Waals surface area (Å²) in [7, 11) is 1.65. The van der Waals surface area contributed by atoms with Gasteiger partial charge in [-0.3, -0.25) is 4.79 Å². The molecule has 6 heteroatoms. The van der Waals surface area contributed by atoms with Gasteiger partial charge in [-0.25, -0.2) is 0 Å². The molecule has 0 fully saturated rings. The van der Waals surface area contributed by atoms with Gasteiger partial charge in [-0.05, 0) is 55.4 Å². The standard InChI is InChI=1S/C17H17N3O2S/c1-10-7-12(8-15-16(21)19-17(18)23-15)11(2)20(10)13-5-4-6-14(9-13)22-3/h4-9H,1-3H3,(H2,18,19,21). The van der Waals surface area contributed by atoms with Crippen molar-refractivity contribution in [3.05, 3.63) is 52.2 Å². The number of amides is 1. The third kappa shape index (κ3) is 2.90. The Morgan fingerprint density at radius 1 is 1.30 bits per heavy atom. The van der Waals surface area contributed by atoms with Crippen molar-refractivity contribution in [2.75, 3.05) is 7.11 Å². The number of aromatic nitrogens is 1. The second-order valence-corrected chi connectivity index (χ2v) is 6.29. The van der Waals surface area contributed by atoms with E-state index in [4.69, 9.17) is 10.5 Å². The average molecular weight is 327 g/mol. The lowest BCUT2D eigenvalue weighted by molar-refractivity contribution is -0.113. The van der Waals surface area contributed by atoms with E-state index < -0.39 is 0 Å². The van der Waals surface area contributed by atoms with Crippen LogP contribution in [0, 0.1) is 13.8 Å². The predicted molar refractivity (Wildman–Crippen MR) is 94.0 cm³/mol. The number of amidine groups is 1. The molecule has 0 aliphatic carbocycles. The number of aryl methyl sites for hydroxylation is 1. The first kappa shape index (κ1) is 15.4. The molecule has 2 N–H and O–H groups in total. The number of ether oxygens (including phenoxy) is 1. The number of hydrogen-bond acceptors (Lipinski definition) is 4. The molecule has 23 heavy (non-hydrogen) atoms. The van der Waals surface area contributed by atoms with E-state index in [1.54, 1.807) is 7.11 Å². The first-order chi connectivity index (χ1) is 11.0. The molecule has 1 aliphatic rings. The van der Waals surface area contributed by atoms with Gasteiger partial charge in [0.15, 0.2) is 5.17 Å². The highest BCUT2D eigenvalue weighted by Gasteiger charge is 2.20. The molecular formula is C17H17N3O2S. The summed E-state index contributed by atoms with van der Waals surface area (Å²) in [6.45, 7) is 4.05. The number of carbonyl (C=O) groups excluding carboxylic acids is 1. The largest absolute Gasteiger partial charge is 0.497 e. The first-order valence-electron chi connectivity index (χ1n) is 7.11. The Morgan fingerprint density at radius 2 is 2.09 bits per heavy atom. The fourth-order valence-electron chi connectivity index (χ4n) is 2.65. The highest BCUT2D eigenvalue weighted by atomic mass is 32.2. The zero-order chi connectivity index (χ0) is 16.6. The number of nitrogens with two attached hydrogens (primary N) is 1. The predicted octanol–water partition coefficient (Wildman–Crippen LogP) is 3.03. The SMILES string of the molecule is COc1cccc(-n2c(C)cc(C=C3SC(N)=NC3=O)c2C)c1. The van der Waals surface area contributed by atoms with E-state index in [0.29, 0.717) is 10.1 Å². The van der Waals surface area contributed by atoms with Gasteiger partial charge in [0.1, 0.15) is 5.75 Å². The minimum atomic E-state index is -0.279. The summed E-state index contributed by atoms with van der Waals surface area (Å²) in [4.78, 5) is 16.0. The Bertz CT molecular complexity index is 850. The lowest BCUT2D eigenvalue weighted by atomic mass is 10.2. The van der Waals surface area contributed by atoms with Crippen LogP contribution in [0.3, 0.4) is 0 Å². The van der Waals surface area contributed by atoms with E-state index in [9.17, 15) is 4.79 Å². The number of aliphatic imine (C=N–C) groups is 1. The normalized spacial score (nSPS) is 16.0. The Labute approximate surface area is 138 Å². The van der Waals surface area contributed by atoms with Crippen molar-refractivity contribution >= 4 is 28.9 Å². The van der Waals surface area contributed by atoms with Crippen LogP contribution in [0.2, 0.25) is 0 Å². The van der Waals surface area contributed by atoms with Crippen LogP contribution in [0.25, 0.3) is 11.8 Å². The van der Waals surface area contributed by atoms with Crippen LogP contribution in [-0.2, 0) is 4.79 Å². The van der Waals surface area contributed by atoms with E-state index >= 15 is 0 Å². The highest BCUT2D eigenvalue weighted by molar-refractivity contribution is 8.18. The van der Waals surface area contributed by atoms with Crippen molar-refractivity contribution in [1.29, 1.82) is 0 Å². The summed E-state index contributed by atoms with van der Waals surface area (Å²) < 4.78 is 7.42. The molecule has 0 saturated heterocycles. The number of carbonyl (C=O) groups is 1. The van der Waals surface area contributed by atoms with Crippen molar-refractivity contribution in [2.24, 2.45) is 10.7 Å². The zero-order valence-corrected chi connectivity index (χ0v) is 14.0. The van der Waals surface area contributed by atoms with E-state index in [2.05, 4.69) is 9.56 Å². The van der Waals surface area contributed by atoms with Gasteiger partial charge >= 0.3 is 0 Å². The summed E-state index contributed by atoms with van der Waals surface area (Å²) in [5.41, 5.74) is 9.71. The number of methoxy groups -OCH3 is 1. The highest BCUT2D eigenvalue weighted by Crippen LogP contribution is 2.30. The van der Waals surface area contributed by atoms with Gasteiger partial charge in [0.25, 0.3) is 5.91 Å². The average Bonchev–Trinajstić information content (AvgIpc) is 2.98. The minimum Gasteiger partial charge on any atom is -0.497 e. The molecule has 1 aromatic carbocycles. The van der Waals surface area contributed by atoms with Gasteiger partial charge in [-0.1, -0.05) is 6.07 Å². The number of nitrogens with zero attached hydrogens (tertiary/aromatic N) is 2. The molecule has 2 aromatic rings. The second-order valence-electron chi connectivity index (χ2n) is 5.23. The Kier molecular flexibility index (Phi) is 4.00. The molecule has 1 amide bonds. The molecule has 0 unspecified atom stereocenters. The maximum absolute atomic E-state index is 11.8. The molecule has 0 spiro atoms. The smallest absolute Gasteiger partial charge is 0.286 e. The van der Waals surface area contributed by atoms with Gasteiger partial charge in [0.05, 0.1) is 12.0 Å². The summed E-state index contributed by atoms with van der Waals surface area (Å²) in [5.74, 6) is 0.524. The summed E-state index contributed by atoms with van der Waals surface area (Å²) in [6, 6.07) is 9.91. The molecule has 5 nitrogen and oxygen atoms in total. The fraction of sp³-hybridized carbons (Fsp3) is 0.176. The maximum Gasteiger partial charge on any atom is 0.286 e. The van der Waals surface area contributed by atoms with Gasteiger partial charge in [-0.15, -0.1) is 0 Å². The van der Waals surface area contributed by atoms with Crippen LogP contribution < -0.4 is 10.5 Å². The molecule has 3 rings (SSSR count). The van der Waals surface area contributed by atoms with E-state index in [0.717, 1.165) is 28.4 Å². The van der Waals surface area contributed by atoms with Crippen molar-refractivity contribution in [2.45, 2.75) is 13.8 Å².